The van der Waals surface area contributed by atoms with Gasteiger partial charge in [-0.15, -0.1) is 0 Å². The van der Waals surface area contributed by atoms with Crippen molar-refractivity contribution < 1.29 is 13.6 Å². The summed E-state index contributed by atoms with van der Waals surface area (Å²) in [6, 6.07) is 17.7. The van der Waals surface area contributed by atoms with Gasteiger partial charge in [-0.3, -0.25) is 4.85 Å². The Bertz CT molecular complexity index is 650. The van der Waals surface area contributed by atoms with Gasteiger partial charge in [-0.25, -0.2) is 11.1 Å². The molecule has 4 nitrogen and oxygen atoms in total. The van der Waals surface area contributed by atoms with Crippen LogP contribution in [0.1, 0.15) is 20.3 Å². The summed E-state index contributed by atoms with van der Waals surface area (Å²) in [7, 11) is -3.68. The standard InChI is InChI=1S/C18H20NO3P/c1-15(2)14-18(19-3)23(20,21-16-10-6-4-7-11-16)22-17-12-8-5-9-13-17/h4-13,15,18H,14H2,1-2H3. The Morgan fingerprint density at radius 2 is 1.39 bits per heavy atom. The highest BCUT2D eigenvalue weighted by Gasteiger charge is 2.45. The molecule has 0 amide bonds. The van der Waals surface area contributed by atoms with Crippen molar-refractivity contribution >= 4 is 7.60 Å². The summed E-state index contributed by atoms with van der Waals surface area (Å²) in [5, 5.41) is 0. The zero-order chi connectivity index (χ0) is 16.7. The molecule has 0 aliphatic heterocycles. The fourth-order valence-corrected chi connectivity index (χ4v) is 4.00. The number of rotatable bonds is 7. The maximum atomic E-state index is 13.4. The topological polar surface area (TPSA) is 39.9 Å². The number of hydrogen-bond donors (Lipinski definition) is 0. The molecular weight excluding hydrogens is 309 g/mol. The zero-order valence-corrected chi connectivity index (χ0v) is 14.1. The molecule has 2 aromatic rings. The maximum Gasteiger partial charge on any atom is 0.512 e. The van der Waals surface area contributed by atoms with Crippen molar-refractivity contribution in [2.45, 2.75) is 26.1 Å². The third-order valence-electron chi connectivity index (χ3n) is 3.15. The van der Waals surface area contributed by atoms with Crippen LogP contribution in [0.15, 0.2) is 60.7 Å². The van der Waals surface area contributed by atoms with Gasteiger partial charge in [0.1, 0.15) is 11.5 Å². The summed E-state index contributed by atoms with van der Waals surface area (Å²) < 4.78 is 24.7. The van der Waals surface area contributed by atoms with Crippen molar-refractivity contribution in [2.75, 3.05) is 0 Å². The van der Waals surface area contributed by atoms with Crippen LogP contribution in [0.4, 0.5) is 0 Å². The lowest BCUT2D eigenvalue weighted by Crippen LogP contribution is -2.16. The lowest BCUT2D eigenvalue weighted by atomic mass is 10.1. The van der Waals surface area contributed by atoms with E-state index in [-0.39, 0.29) is 5.92 Å². The largest absolute Gasteiger partial charge is 0.512 e. The zero-order valence-electron chi connectivity index (χ0n) is 13.3. The molecule has 0 aliphatic rings. The number of hydrogen-bond acceptors (Lipinski definition) is 3. The van der Waals surface area contributed by atoms with E-state index in [0.717, 1.165) is 0 Å². The number of benzene rings is 2. The van der Waals surface area contributed by atoms with Gasteiger partial charge in [-0.1, -0.05) is 50.2 Å². The summed E-state index contributed by atoms with van der Waals surface area (Å²) in [5.41, 5.74) is 0. The first kappa shape index (κ1) is 17.1. The molecule has 0 heterocycles. The summed E-state index contributed by atoms with van der Waals surface area (Å²) in [6.45, 7) is 11.4. The van der Waals surface area contributed by atoms with E-state index in [4.69, 9.17) is 15.6 Å². The lowest BCUT2D eigenvalue weighted by Gasteiger charge is -2.21. The molecule has 0 bridgehead atoms. The number of para-hydroxylation sites is 2. The van der Waals surface area contributed by atoms with Crippen LogP contribution in [-0.2, 0) is 4.57 Å². The fourth-order valence-electron chi connectivity index (χ4n) is 2.07. The van der Waals surface area contributed by atoms with Gasteiger partial charge in [0.05, 0.1) is 0 Å². The van der Waals surface area contributed by atoms with E-state index >= 15 is 0 Å². The van der Waals surface area contributed by atoms with Crippen molar-refractivity contribution in [1.82, 2.24) is 0 Å². The molecule has 1 unspecified atom stereocenters. The average molecular weight is 329 g/mol. The Morgan fingerprint density at radius 1 is 0.957 bits per heavy atom. The monoisotopic (exact) mass is 329 g/mol. The van der Waals surface area contributed by atoms with Crippen LogP contribution in [0.5, 0.6) is 11.5 Å². The molecule has 0 aliphatic carbocycles. The highest BCUT2D eigenvalue weighted by Crippen LogP contribution is 2.55. The SMILES string of the molecule is [C-]#[N+]C(CC(C)C)P(=O)(Oc1ccccc1)Oc1ccccc1. The minimum absolute atomic E-state index is 0.209. The molecular formula is C18H20NO3P. The molecule has 0 fully saturated rings. The molecule has 0 saturated heterocycles. The Balaban J connectivity index is 2.33. The predicted octanol–water partition coefficient (Wildman–Crippen LogP) is 5.63. The van der Waals surface area contributed by atoms with Crippen LogP contribution in [0, 0.1) is 12.5 Å². The van der Waals surface area contributed by atoms with Crippen LogP contribution < -0.4 is 9.05 Å². The van der Waals surface area contributed by atoms with E-state index < -0.39 is 13.4 Å². The molecule has 0 saturated carbocycles. The molecule has 23 heavy (non-hydrogen) atoms. The molecule has 0 N–H and O–H groups in total. The van der Waals surface area contributed by atoms with Crippen LogP contribution >= 0.6 is 7.60 Å². The van der Waals surface area contributed by atoms with Gasteiger partial charge in [0.15, 0.2) is 0 Å². The Hall–Kier alpha value is -2.24. The van der Waals surface area contributed by atoms with Crippen molar-refractivity contribution in [3.8, 4) is 11.5 Å². The van der Waals surface area contributed by atoms with E-state index in [1.807, 2.05) is 26.0 Å². The summed E-state index contributed by atoms with van der Waals surface area (Å²) >= 11 is 0. The Kier molecular flexibility index (Phi) is 5.84. The molecule has 2 aromatic carbocycles. The van der Waals surface area contributed by atoms with Crippen molar-refractivity contribution in [2.24, 2.45) is 5.92 Å². The third kappa shape index (κ3) is 4.87. The molecule has 0 radical (unpaired) electrons. The quantitative estimate of drug-likeness (QED) is 0.488. The Morgan fingerprint density at radius 3 is 1.74 bits per heavy atom. The van der Waals surface area contributed by atoms with Gasteiger partial charge < -0.3 is 9.05 Å². The van der Waals surface area contributed by atoms with Gasteiger partial charge in [0, 0.05) is 6.42 Å². The molecule has 120 valence electrons. The van der Waals surface area contributed by atoms with Crippen LogP contribution in [-0.4, -0.2) is 5.78 Å². The minimum Gasteiger partial charge on any atom is -0.411 e. The normalized spacial score (nSPS) is 12.4. The van der Waals surface area contributed by atoms with Gasteiger partial charge in [-0.05, 0) is 30.2 Å². The van der Waals surface area contributed by atoms with E-state index in [1.54, 1.807) is 48.5 Å². The molecule has 0 spiro atoms. The lowest BCUT2D eigenvalue weighted by molar-refractivity contribution is 0.369. The Labute approximate surface area is 137 Å². The maximum absolute atomic E-state index is 13.4. The summed E-state index contributed by atoms with van der Waals surface area (Å²) in [4.78, 5) is 3.53. The molecule has 1 atom stereocenters. The van der Waals surface area contributed by atoms with Gasteiger partial charge >= 0.3 is 13.4 Å². The van der Waals surface area contributed by atoms with Crippen LogP contribution in [0.3, 0.4) is 0 Å². The van der Waals surface area contributed by atoms with E-state index in [2.05, 4.69) is 4.85 Å². The van der Waals surface area contributed by atoms with Gasteiger partial charge in [-0.2, -0.15) is 0 Å². The van der Waals surface area contributed by atoms with Crippen LogP contribution in [0.2, 0.25) is 0 Å². The summed E-state index contributed by atoms with van der Waals surface area (Å²) in [6.07, 6.45) is 0.445. The minimum atomic E-state index is -3.68. The van der Waals surface area contributed by atoms with Crippen molar-refractivity contribution in [1.29, 1.82) is 0 Å². The van der Waals surface area contributed by atoms with E-state index in [9.17, 15) is 4.57 Å². The highest BCUT2D eigenvalue weighted by atomic mass is 31.2. The first-order valence-corrected chi connectivity index (χ1v) is 9.10. The van der Waals surface area contributed by atoms with Gasteiger partial charge in [0.2, 0.25) is 0 Å². The first-order valence-electron chi connectivity index (χ1n) is 7.49. The highest BCUT2D eigenvalue weighted by molar-refractivity contribution is 7.55. The number of nitrogens with zero attached hydrogens (tertiary/aromatic N) is 1. The average Bonchev–Trinajstić information content (AvgIpc) is 2.54. The van der Waals surface area contributed by atoms with Gasteiger partial charge in [0.25, 0.3) is 0 Å². The molecule has 5 heteroatoms. The molecule has 2 rings (SSSR count). The second-order valence-electron chi connectivity index (χ2n) is 5.59. The predicted molar refractivity (Wildman–Crippen MR) is 91.6 cm³/mol. The summed E-state index contributed by atoms with van der Waals surface area (Å²) in [5.74, 6) is 0.234. The third-order valence-corrected chi connectivity index (χ3v) is 5.13. The first-order chi connectivity index (χ1) is 11.0. The molecule has 0 aromatic heterocycles. The van der Waals surface area contributed by atoms with Crippen molar-refractivity contribution in [3.05, 3.63) is 72.1 Å². The fraction of sp³-hybridized carbons (Fsp3) is 0.278. The van der Waals surface area contributed by atoms with Crippen LogP contribution in [0.25, 0.3) is 4.85 Å². The van der Waals surface area contributed by atoms with Crippen molar-refractivity contribution in [3.63, 3.8) is 0 Å². The smallest absolute Gasteiger partial charge is 0.411 e. The van der Waals surface area contributed by atoms with E-state index in [1.165, 1.54) is 0 Å². The second-order valence-corrected chi connectivity index (χ2v) is 7.63. The van der Waals surface area contributed by atoms with E-state index in [0.29, 0.717) is 17.9 Å². The second kappa shape index (κ2) is 7.85.